The summed E-state index contributed by atoms with van der Waals surface area (Å²) in [7, 11) is 0. The Kier molecular flexibility index (Phi) is 5.46. The van der Waals surface area contributed by atoms with Crippen LogP contribution < -0.4 is 10.1 Å². The zero-order valence-corrected chi connectivity index (χ0v) is 12.8. The number of halogens is 2. The molecule has 0 bridgehead atoms. The number of carbonyl (C=O) groups is 1. The van der Waals surface area contributed by atoms with Crippen LogP contribution in [0.4, 0.5) is 14.5 Å². The van der Waals surface area contributed by atoms with Crippen molar-refractivity contribution in [2.45, 2.75) is 20.0 Å². The molecule has 0 saturated carbocycles. The fraction of sp³-hybridized carbons (Fsp3) is 0.167. The first-order valence-corrected chi connectivity index (χ1v) is 7.15. The lowest BCUT2D eigenvalue weighted by molar-refractivity contribution is -0.111. The predicted octanol–water partition coefficient (Wildman–Crippen LogP) is 4.40. The third kappa shape index (κ3) is 5.21. The van der Waals surface area contributed by atoms with Crippen molar-refractivity contribution in [2.24, 2.45) is 0 Å². The standard InChI is InChI=1S/C18H17F2NO2/c1-12(2)23-15-5-3-4-13(10-15)6-9-18(22)21-17-11-14(19)7-8-16(17)20/h3-12H,1-2H3,(H,21,22)/b9-6+. The van der Waals surface area contributed by atoms with E-state index in [0.29, 0.717) is 5.75 Å². The average molecular weight is 317 g/mol. The molecule has 5 heteroatoms. The van der Waals surface area contributed by atoms with Gasteiger partial charge in [-0.1, -0.05) is 12.1 Å². The van der Waals surface area contributed by atoms with Crippen LogP contribution in [0.5, 0.6) is 5.75 Å². The van der Waals surface area contributed by atoms with Crippen LogP contribution in [0, 0.1) is 11.6 Å². The Balaban J connectivity index is 2.05. The minimum atomic E-state index is -0.694. The van der Waals surface area contributed by atoms with Crippen molar-refractivity contribution < 1.29 is 18.3 Å². The van der Waals surface area contributed by atoms with Crippen LogP contribution in [-0.2, 0) is 4.79 Å². The van der Waals surface area contributed by atoms with Gasteiger partial charge in [0.15, 0.2) is 0 Å². The topological polar surface area (TPSA) is 38.3 Å². The van der Waals surface area contributed by atoms with Gasteiger partial charge < -0.3 is 10.1 Å². The molecule has 0 unspecified atom stereocenters. The summed E-state index contributed by atoms with van der Waals surface area (Å²) in [6, 6.07) is 10.1. The molecule has 0 aromatic heterocycles. The first-order chi connectivity index (χ1) is 10.9. The number of hydrogen-bond acceptors (Lipinski definition) is 2. The van der Waals surface area contributed by atoms with Gasteiger partial charge in [-0.15, -0.1) is 0 Å². The van der Waals surface area contributed by atoms with Crippen molar-refractivity contribution in [1.29, 1.82) is 0 Å². The molecule has 0 fully saturated rings. The van der Waals surface area contributed by atoms with E-state index < -0.39 is 17.5 Å². The van der Waals surface area contributed by atoms with Crippen LogP contribution in [0.1, 0.15) is 19.4 Å². The normalized spacial score (nSPS) is 11.0. The summed E-state index contributed by atoms with van der Waals surface area (Å²) in [5.74, 6) is -1.17. The molecule has 2 aromatic rings. The maximum Gasteiger partial charge on any atom is 0.248 e. The summed E-state index contributed by atoms with van der Waals surface area (Å²) >= 11 is 0. The number of rotatable bonds is 5. The lowest BCUT2D eigenvalue weighted by atomic mass is 10.2. The molecular weight excluding hydrogens is 300 g/mol. The Hall–Kier alpha value is -2.69. The lowest BCUT2D eigenvalue weighted by Crippen LogP contribution is -2.09. The first kappa shape index (κ1) is 16.7. The third-order valence-corrected chi connectivity index (χ3v) is 2.84. The molecule has 23 heavy (non-hydrogen) atoms. The Morgan fingerprint density at radius 3 is 2.70 bits per heavy atom. The number of anilines is 1. The highest BCUT2D eigenvalue weighted by atomic mass is 19.1. The second-order valence-electron chi connectivity index (χ2n) is 5.19. The largest absolute Gasteiger partial charge is 0.491 e. The summed E-state index contributed by atoms with van der Waals surface area (Å²) < 4.78 is 32.1. The quantitative estimate of drug-likeness (QED) is 0.830. The van der Waals surface area contributed by atoms with Gasteiger partial charge in [-0.2, -0.15) is 0 Å². The average Bonchev–Trinajstić information content (AvgIpc) is 2.49. The third-order valence-electron chi connectivity index (χ3n) is 2.84. The Bertz CT molecular complexity index is 727. The van der Waals surface area contributed by atoms with Gasteiger partial charge in [0, 0.05) is 12.1 Å². The molecular formula is C18H17F2NO2. The lowest BCUT2D eigenvalue weighted by Gasteiger charge is -2.09. The van der Waals surface area contributed by atoms with Crippen molar-refractivity contribution in [2.75, 3.05) is 5.32 Å². The molecule has 0 spiro atoms. The number of carbonyl (C=O) groups excluding carboxylic acids is 1. The van der Waals surface area contributed by atoms with Gasteiger partial charge in [0.25, 0.3) is 0 Å². The summed E-state index contributed by atoms with van der Waals surface area (Å²) in [6.45, 7) is 3.84. The number of benzene rings is 2. The second-order valence-corrected chi connectivity index (χ2v) is 5.19. The molecule has 3 nitrogen and oxygen atoms in total. The van der Waals surface area contributed by atoms with Crippen molar-refractivity contribution in [3.63, 3.8) is 0 Å². The van der Waals surface area contributed by atoms with Crippen LogP contribution in [0.25, 0.3) is 6.08 Å². The van der Waals surface area contributed by atoms with E-state index in [1.165, 1.54) is 6.08 Å². The van der Waals surface area contributed by atoms with Gasteiger partial charge in [-0.05, 0) is 49.8 Å². The van der Waals surface area contributed by atoms with Crippen LogP contribution in [0.2, 0.25) is 0 Å². The van der Waals surface area contributed by atoms with E-state index >= 15 is 0 Å². The van der Waals surface area contributed by atoms with Gasteiger partial charge in [0.1, 0.15) is 17.4 Å². The van der Waals surface area contributed by atoms with E-state index in [0.717, 1.165) is 23.8 Å². The zero-order valence-electron chi connectivity index (χ0n) is 12.8. The van der Waals surface area contributed by atoms with E-state index in [1.54, 1.807) is 18.2 Å². The molecule has 0 heterocycles. The van der Waals surface area contributed by atoms with Crippen molar-refractivity contribution in [3.05, 3.63) is 65.7 Å². The van der Waals surface area contributed by atoms with Crippen molar-refractivity contribution in [3.8, 4) is 5.75 Å². The molecule has 0 aliphatic rings. The fourth-order valence-corrected chi connectivity index (χ4v) is 1.90. The molecule has 0 aliphatic heterocycles. The van der Waals surface area contributed by atoms with Crippen molar-refractivity contribution >= 4 is 17.7 Å². The predicted molar refractivity (Wildman–Crippen MR) is 86.2 cm³/mol. The van der Waals surface area contributed by atoms with Gasteiger partial charge >= 0.3 is 0 Å². The monoisotopic (exact) mass is 317 g/mol. The van der Waals surface area contributed by atoms with E-state index in [1.807, 2.05) is 26.0 Å². The smallest absolute Gasteiger partial charge is 0.248 e. The number of amides is 1. The molecule has 0 atom stereocenters. The molecule has 0 radical (unpaired) electrons. The first-order valence-electron chi connectivity index (χ1n) is 7.15. The summed E-state index contributed by atoms with van der Waals surface area (Å²) in [4.78, 5) is 11.8. The maximum absolute atomic E-state index is 13.4. The molecule has 1 N–H and O–H groups in total. The van der Waals surface area contributed by atoms with Crippen LogP contribution in [0.3, 0.4) is 0 Å². The molecule has 120 valence electrons. The molecule has 0 saturated heterocycles. The fourth-order valence-electron chi connectivity index (χ4n) is 1.90. The minimum Gasteiger partial charge on any atom is -0.491 e. The summed E-state index contributed by atoms with van der Waals surface area (Å²) in [6.07, 6.45) is 2.87. The number of ether oxygens (including phenoxy) is 1. The zero-order chi connectivity index (χ0) is 16.8. The van der Waals surface area contributed by atoms with Gasteiger partial charge in [-0.25, -0.2) is 8.78 Å². The number of hydrogen-bond donors (Lipinski definition) is 1. The van der Waals surface area contributed by atoms with Gasteiger partial charge in [0.05, 0.1) is 11.8 Å². The van der Waals surface area contributed by atoms with Crippen LogP contribution in [-0.4, -0.2) is 12.0 Å². The van der Waals surface area contributed by atoms with Crippen LogP contribution >= 0.6 is 0 Å². The SMILES string of the molecule is CC(C)Oc1cccc(/C=C/C(=O)Nc2cc(F)ccc2F)c1. The van der Waals surface area contributed by atoms with E-state index in [9.17, 15) is 13.6 Å². The Labute approximate surface area is 133 Å². The van der Waals surface area contributed by atoms with E-state index in [-0.39, 0.29) is 11.8 Å². The Morgan fingerprint density at radius 1 is 1.17 bits per heavy atom. The van der Waals surface area contributed by atoms with Gasteiger partial charge in [0.2, 0.25) is 5.91 Å². The van der Waals surface area contributed by atoms with Gasteiger partial charge in [-0.3, -0.25) is 4.79 Å². The second kappa shape index (κ2) is 7.54. The Morgan fingerprint density at radius 2 is 1.96 bits per heavy atom. The van der Waals surface area contributed by atoms with Crippen LogP contribution in [0.15, 0.2) is 48.5 Å². The number of nitrogens with one attached hydrogen (secondary N) is 1. The molecule has 2 aromatic carbocycles. The minimum absolute atomic E-state index is 0.0495. The molecule has 0 aliphatic carbocycles. The highest BCUT2D eigenvalue weighted by Gasteiger charge is 2.06. The highest BCUT2D eigenvalue weighted by Crippen LogP contribution is 2.17. The van der Waals surface area contributed by atoms with E-state index in [4.69, 9.17) is 4.74 Å². The van der Waals surface area contributed by atoms with Crippen molar-refractivity contribution in [1.82, 2.24) is 0 Å². The van der Waals surface area contributed by atoms with E-state index in [2.05, 4.69) is 5.32 Å². The summed E-state index contributed by atoms with van der Waals surface area (Å²) in [5.41, 5.74) is 0.564. The molecule has 2 rings (SSSR count). The highest BCUT2D eigenvalue weighted by molar-refractivity contribution is 6.02. The maximum atomic E-state index is 13.4. The summed E-state index contributed by atoms with van der Waals surface area (Å²) in [5, 5.41) is 2.30. The molecule has 1 amide bonds.